The maximum absolute atomic E-state index is 12.9. The second-order valence-electron chi connectivity index (χ2n) is 5.72. The molecule has 26 heavy (non-hydrogen) atoms. The van der Waals surface area contributed by atoms with Crippen molar-refractivity contribution in [3.05, 3.63) is 75.0 Å². The summed E-state index contributed by atoms with van der Waals surface area (Å²) in [5, 5.41) is 4.43. The molecule has 0 saturated heterocycles. The number of benzene rings is 1. The van der Waals surface area contributed by atoms with Crippen molar-refractivity contribution >= 4 is 38.8 Å². The predicted molar refractivity (Wildman–Crippen MR) is 107 cm³/mol. The van der Waals surface area contributed by atoms with Crippen LogP contribution in [0.1, 0.15) is 22.8 Å². The van der Waals surface area contributed by atoms with E-state index in [0.717, 1.165) is 27.1 Å². The van der Waals surface area contributed by atoms with Gasteiger partial charge in [0.15, 0.2) is 0 Å². The summed E-state index contributed by atoms with van der Waals surface area (Å²) in [6.07, 6.45) is 2.27. The van der Waals surface area contributed by atoms with Crippen LogP contribution in [0.4, 0.5) is 0 Å². The highest BCUT2D eigenvalue weighted by atomic mass is 32.1. The van der Waals surface area contributed by atoms with Crippen LogP contribution in [0, 0.1) is 0 Å². The maximum atomic E-state index is 12.9. The molecule has 1 amide bonds. The fourth-order valence-corrected chi connectivity index (χ4v) is 4.41. The summed E-state index contributed by atoms with van der Waals surface area (Å²) in [4.78, 5) is 31.3. The van der Waals surface area contributed by atoms with Crippen molar-refractivity contribution in [3.8, 4) is 10.4 Å². The fourth-order valence-electron chi connectivity index (χ4n) is 2.69. The molecule has 1 aromatic carbocycles. The van der Waals surface area contributed by atoms with E-state index in [0.29, 0.717) is 15.8 Å². The molecule has 3 heterocycles. The molecule has 4 rings (SSSR count). The standard InChI is InChI=1S/C19H15N3O2S2/c1-2-12-5-7-13(8-6-12)17(23)21-22-11-20-18-16(19(22)24)14(10-26-18)15-4-3-9-25-15/h3-11H,2H2,1H3,(H,21,23). The van der Waals surface area contributed by atoms with Crippen LogP contribution in [0.15, 0.2) is 58.3 Å². The van der Waals surface area contributed by atoms with Crippen LogP contribution >= 0.6 is 22.7 Å². The molecular formula is C19H15N3O2S2. The number of carbonyl (C=O) groups excluding carboxylic acids is 1. The number of amides is 1. The quantitative estimate of drug-likeness (QED) is 0.578. The molecule has 130 valence electrons. The molecule has 4 aromatic rings. The molecule has 0 bridgehead atoms. The Morgan fingerprint density at radius 2 is 2.00 bits per heavy atom. The van der Waals surface area contributed by atoms with Gasteiger partial charge >= 0.3 is 0 Å². The van der Waals surface area contributed by atoms with Gasteiger partial charge in [-0.25, -0.2) is 9.66 Å². The van der Waals surface area contributed by atoms with Crippen molar-refractivity contribution in [2.24, 2.45) is 0 Å². The van der Waals surface area contributed by atoms with Crippen molar-refractivity contribution < 1.29 is 4.79 Å². The summed E-state index contributed by atoms with van der Waals surface area (Å²) >= 11 is 2.99. The average Bonchev–Trinajstić information content (AvgIpc) is 3.33. The summed E-state index contributed by atoms with van der Waals surface area (Å²) in [7, 11) is 0. The Morgan fingerprint density at radius 3 is 2.69 bits per heavy atom. The lowest BCUT2D eigenvalue weighted by atomic mass is 10.1. The van der Waals surface area contributed by atoms with Crippen molar-refractivity contribution in [3.63, 3.8) is 0 Å². The molecule has 0 unspecified atom stereocenters. The van der Waals surface area contributed by atoms with Gasteiger partial charge in [-0.05, 0) is 35.6 Å². The average molecular weight is 381 g/mol. The molecule has 0 aliphatic rings. The van der Waals surface area contributed by atoms with Gasteiger partial charge in [0.1, 0.15) is 11.2 Å². The van der Waals surface area contributed by atoms with Gasteiger partial charge in [-0.15, -0.1) is 22.7 Å². The number of aromatic nitrogens is 2. The van der Waals surface area contributed by atoms with Gasteiger partial charge in [-0.1, -0.05) is 25.1 Å². The smallest absolute Gasteiger partial charge is 0.267 e. The van der Waals surface area contributed by atoms with Gasteiger partial charge in [-0.3, -0.25) is 15.0 Å². The molecule has 0 radical (unpaired) electrons. The van der Waals surface area contributed by atoms with E-state index in [-0.39, 0.29) is 11.5 Å². The largest absolute Gasteiger partial charge is 0.281 e. The lowest BCUT2D eigenvalue weighted by Crippen LogP contribution is -2.33. The zero-order valence-electron chi connectivity index (χ0n) is 13.9. The lowest BCUT2D eigenvalue weighted by molar-refractivity contribution is 0.101. The van der Waals surface area contributed by atoms with Crippen LogP contribution in [-0.2, 0) is 6.42 Å². The number of hydrogen-bond acceptors (Lipinski definition) is 5. The summed E-state index contributed by atoms with van der Waals surface area (Å²) < 4.78 is 1.15. The molecule has 0 saturated carbocycles. The monoisotopic (exact) mass is 381 g/mol. The fraction of sp³-hybridized carbons (Fsp3) is 0.105. The maximum Gasteiger partial charge on any atom is 0.281 e. The first-order valence-electron chi connectivity index (χ1n) is 8.10. The summed E-state index contributed by atoms with van der Waals surface area (Å²) in [5.41, 5.74) is 4.86. The van der Waals surface area contributed by atoms with E-state index in [2.05, 4.69) is 17.3 Å². The summed E-state index contributed by atoms with van der Waals surface area (Å²) in [5.74, 6) is -0.344. The van der Waals surface area contributed by atoms with E-state index in [1.165, 1.54) is 17.7 Å². The number of rotatable bonds is 4. The Kier molecular flexibility index (Phi) is 4.40. The van der Waals surface area contributed by atoms with Crippen molar-refractivity contribution in [2.75, 3.05) is 5.43 Å². The van der Waals surface area contributed by atoms with Crippen molar-refractivity contribution in [1.29, 1.82) is 0 Å². The highest BCUT2D eigenvalue weighted by Crippen LogP contribution is 2.33. The van der Waals surface area contributed by atoms with Crippen molar-refractivity contribution in [1.82, 2.24) is 9.66 Å². The third-order valence-corrected chi connectivity index (χ3v) is 5.92. The van der Waals surface area contributed by atoms with Crippen LogP contribution in [0.3, 0.4) is 0 Å². The first-order chi connectivity index (χ1) is 12.7. The number of nitrogens with one attached hydrogen (secondary N) is 1. The third-order valence-electron chi connectivity index (χ3n) is 4.13. The molecule has 3 aromatic heterocycles. The lowest BCUT2D eigenvalue weighted by Gasteiger charge is -2.08. The summed E-state index contributed by atoms with van der Waals surface area (Å²) in [6, 6.07) is 11.2. The van der Waals surface area contributed by atoms with Gasteiger partial charge < -0.3 is 0 Å². The number of nitrogens with zero attached hydrogens (tertiary/aromatic N) is 2. The van der Waals surface area contributed by atoms with Gasteiger partial charge in [-0.2, -0.15) is 0 Å². The molecule has 0 fully saturated rings. The number of fused-ring (bicyclic) bond motifs is 1. The number of hydrogen-bond donors (Lipinski definition) is 1. The topological polar surface area (TPSA) is 64.0 Å². The zero-order chi connectivity index (χ0) is 18.1. The van der Waals surface area contributed by atoms with E-state index in [4.69, 9.17) is 0 Å². The van der Waals surface area contributed by atoms with E-state index in [1.54, 1.807) is 23.5 Å². The number of thiophene rings is 2. The molecule has 0 atom stereocenters. The van der Waals surface area contributed by atoms with Gasteiger partial charge in [0.05, 0.1) is 5.39 Å². The van der Waals surface area contributed by atoms with E-state index < -0.39 is 0 Å². The van der Waals surface area contributed by atoms with Crippen LogP contribution < -0.4 is 11.0 Å². The molecule has 1 N–H and O–H groups in total. The summed E-state index contributed by atoms with van der Waals surface area (Å²) in [6.45, 7) is 2.06. The normalized spacial score (nSPS) is 11.0. The van der Waals surface area contributed by atoms with Crippen molar-refractivity contribution in [2.45, 2.75) is 13.3 Å². The van der Waals surface area contributed by atoms with Crippen LogP contribution in [0.25, 0.3) is 20.7 Å². The highest BCUT2D eigenvalue weighted by Gasteiger charge is 2.15. The number of aryl methyl sites for hydroxylation is 1. The minimum atomic E-state index is -0.344. The Labute approximate surface area is 157 Å². The molecule has 0 spiro atoms. The minimum Gasteiger partial charge on any atom is -0.267 e. The van der Waals surface area contributed by atoms with Crippen LogP contribution in [-0.4, -0.2) is 15.6 Å². The van der Waals surface area contributed by atoms with Gasteiger partial charge in [0.25, 0.3) is 11.5 Å². The van der Waals surface area contributed by atoms with E-state index >= 15 is 0 Å². The Hall–Kier alpha value is -2.77. The first kappa shape index (κ1) is 16.7. The molecule has 0 aliphatic heterocycles. The second-order valence-corrected chi connectivity index (χ2v) is 7.52. The first-order valence-corrected chi connectivity index (χ1v) is 9.86. The van der Waals surface area contributed by atoms with E-state index in [9.17, 15) is 9.59 Å². The Morgan fingerprint density at radius 1 is 1.19 bits per heavy atom. The minimum absolute atomic E-state index is 0.279. The Bertz CT molecular complexity index is 1130. The molecule has 0 aliphatic carbocycles. The SMILES string of the molecule is CCc1ccc(C(=O)Nn2cnc3scc(-c4cccs4)c3c2=O)cc1. The molecular weight excluding hydrogens is 366 g/mol. The zero-order valence-corrected chi connectivity index (χ0v) is 15.6. The van der Waals surface area contributed by atoms with Gasteiger partial charge in [0, 0.05) is 21.4 Å². The predicted octanol–water partition coefficient (Wildman–Crippen LogP) is 4.13. The Balaban J connectivity index is 1.70. The molecule has 7 heteroatoms. The highest BCUT2D eigenvalue weighted by molar-refractivity contribution is 7.18. The molecule has 5 nitrogen and oxygen atoms in total. The van der Waals surface area contributed by atoms with Crippen LogP contribution in [0.2, 0.25) is 0 Å². The van der Waals surface area contributed by atoms with Gasteiger partial charge in [0.2, 0.25) is 0 Å². The number of carbonyl (C=O) groups is 1. The second kappa shape index (κ2) is 6.86. The van der Waals surface area contributed by atoms with E-state index in [1.807, 2.05) is 35.0 Å². The third kappa shape index (κ3) is 2.95. The van der Waals surface area contributed by atoms with Crippen LogP contribution in [0.5, 0.6) is 0 Å².